The van der Waals surface area contributed by atoms with Gasteiger partial charge in [0.15, 0.2) is 6.04 Å². The molecule has 8 heteroatoms. The third-order valence-corrected chi connectivity index (χ3v) is 2.58. The fraction of sp³-hybridized carbons (Fsp3) is 0.286. The number of carbonyl (C=O) groups is 2. The zero-order valence-corrected chi connectivity index (χ0v) is 11.4. The van der Waals surface area contributed by atoms with Crippen molar-refractivity contribution in [2.75, 3.05) is 13.2 Å². The van der Waals surface area contributed by atoms with Gasteiger partial charge in [0.1, 0.15) is 0 Å². The summed E-state index contributed by atoms with van der Waals surface area (Å²) in [6.07, 6.45) is -3.19. The second-order valence-corrected chi connectivity index (χ2v) is 4.27. The molecule has 1 atom stereocenters. The van der Waals surface area contributed by atoms with E-state index in [1.807, 2.05) is 0 Å². The molecule has 22 heavy (non-hydrogen) atoms. The molecule has 0 radical (unpaired) electrons. The number of carbonyl (C=O) groups excluding carboxylic acids is 1. The summed E-state index contributed by atoms with van der Waals surface area (Å²) in [4.78, 5) is 22.8. The summed E-state index contributed by atoms with van der Waals surface area (Å²) < 4.78 is 42.6. The Morgan fingerprint density at radius 2 is 2.09 bits per heavy atom. The maximum absolute atomic E-state index is 12.6. The fourth-order valence-electron chi connectivity index (χ4n) is 1.52. The summed E-state index contributed by atoms with van der Waals surface area (Å²) in [5, 5.41) is 11.1. The third-order valence-electron chi connectivity index (χ3n) is 2.58. The summed E-state index contributed by atoms with van der Waals surface area (Å²) in [6.45, 7) is 3.14. The Morgan fingerprint density at radius 1 is 1.41 bits per heavy atom. The molecule has 0 saturated heterocycles. The standard InChI is InChI=1S/C14H14F3NO4/c1-2-6-22-8-11(13(20)21)18-12(19)9-4-3-5-10(7-9)14(15,16)17/h2-5,7,11H,1,6,8H2,(H,18,19)(H,20,21). The number of alkyl halides is 3. The number of carboxylic acids is 1. The Bertz CT molecular complexity index is 557. The van der Waals surface area contributed by atoms with Crippen LogP contribution in [0.3, 0.4) is 0 Å². The van der Waals surface area contributed by atoms with E-state index in [0.29, 0.717) is 6.07 Å². The molecule has 1 rings (SSSR count). The largest absolute Gasteiger partial charge is 0.480 e. The predicted molar refractivity (Wildman–Crippen MR) is 71.4 cm³/mol. The molecule has 0 aromatic heterocycles. The number of hydrogen-bond donors (Lipinski definition) is 2. The van der Waals surface area contributed by atoms with E-state index in [1.54, 1.807) is 0 Å². The van der Waals surface area contributed by atoms with E-state index < -0.39 is 29.7 Å². The van der Waals surface area contributed by atoms with Gasteiger partial charge in [-0.2, -0.15) is 13.2 Å². The van der Waals surface area contributed by atoms with Crippen molar-refractivity contribution in [2.24, 2.45) is 0 Å². The molecule has 120 valence electrons. The highest BCUT2D eigenvalue weighted by Gasteiger charge is 2.31. The van der Waals surface area contributed by atoms with Crippen molar-refractivity contribution in [1.82, 2.24) is 5.32 Å². The number of halogens is 3. The van der Waals surface area contributed by atoms with Crippen LogP contribution in [0.15, 0.2) is 36.9 Å². The summed E-state index contributed by atoms with van der Waals surface area (Å²) >= 11 is 0. The van der Waals surface area contributed by atoms with E-state index in [4.69, 9.17) is 9.84 Å². The maximum Gasteiger partial charge on any atom is 0.416 e. The van der Waals surface area contributed by atoms with E-state index in [9.17, 15) is 22.8 Å². The average molecular weight is 317 g/mol. The van der Waals surface area contributed by atoms with Crippen molar-refractivity contribution >= 4 is 11.9 Å². The van der Waals surface area contributed by atoms with E-state index >= 15 is 0 Å². The summed E-state index contributed by atoms with van der Waals surface area (Å²) in [6, 6.07) is 2.33. The molecule has 0 aliphatic carbocycles. The Balaban J connectivity index is 2.81. The number of aliphatic carboxylic acids is 1. The number of hydrogen-bond acceptors (Lipinski definition) is 3. The predicted octanol–water partition coefficient (Wildman–Crippen LogP) is 2.09. The first-order valence-corrected chi connectivity index (χ1v) is 6.15. The number of benzene rings is 1. The molecule has 2 N–H and O–H groups in total. The van der Waals surface area contributed by atoms with Crippen LogP contribution in [0.1, 0.15) is 15.9 Å². The van der Waals surface area contributed by atoms with Gasteiger partial charge >= 0.3 is 12.1 Å². The molecule has 0 heterocycles. The van der Waals surface area contributed by atoms with E-state index in [0.717, 1.165) is 18.2 Å². The number of carboxylic acid groups (broad SMARTS) is 1. The summed E-state index contributed by atoms with van der Waals surface area (Å²) in [5.41, 5.74) is -1.28. The lowest BCUT2D eigenvalue weighted by atomic mass is 10.1. The van der Waals surface area contributed by atoms with Crippen LogP contribution in [0, 0.1) is 0 Å². The van der Waals surface area contributed by atoms with Gasteiger partial charge in [-0.15, -0.1) is 6.58 Å². The molecule has 1 unspecified atom stereocenters. The maximum atomic E-state index is 12.6. The van der Waals surface area contributed by atoms with Gasteiger partial charge in [-0.1, -0.05) is 12.1 Å². The first-order valence-electron chi connectivity index (χ1n) is 6.15. The van der Waals surface area contributed by atoms with Crippen molar-refractivity contribution in [3.63, 3.8) is 0 Å². The zero-order chi connectivity index (χ0) is 16.8. The van der Waals surface area contributed by atoms with Gasteiger partial charge in [-0.25, -0.2) is 4.79 Å². The molecule has 1 aromatic carbocycles. The van der Waals surface area contributed by atoms with Gasteiger partial charge in [-0.3, -0.25) is 4.79 Å². The summed E-state index contributed by atoms with van der Waals surface area (Å²) in [7, 11) is 0. The van der Waals surface area contributed by atoms with Crippen molar-refractivity contribution in [2.45, 2.75) is 12.2 Å². The molecule has 0 fully saturated rings. The first-order chi connectivity index (χ1) is 10.3. The molecule has 1 aromatic rings. The Kier molecular flexibility index (Phi) is 6.11. The quantitative estimate of drug-likeness (QED) is 0.596. The fourth-order valence-corrected chi connectivity index (χ4v) is 1.52. The van der Waals surface area contributed by atoms with Crippen LogP contribution in [0.5, 0.6) is 0 Å². The lowest BCUT2D eigenvalue weighted by Gasteiger charge is -2.15. The second-order valence-electron chi connectivity index (χ2n) is 4.27. The first kappa shape index (κ1) is 17.7. The van der Waals surface area contributed by atoms with E-state index in [2.05, 4.69) is 11.9 Å². The highest BCUT2D eigenvalue weighted by Crippen LogP contribution is 2.29. The minimum atomic E-state index is -4.59. The molecule has 0 aliphatic heterocycles. The molecule has 1 amide bonds. The van der Waals surface area contributed by atoms with Crippen LogP contribution < -0.4 is 5.32 Å². The average Bonchev–Trinajstić information content (AvgIpc) is 2.45. The van der Waals surface area contributed by atoms with Crippen LogP contribution in [-0.2, 0) is 15.7 Å². The minimum absolute atomic E-state index is 0.0865. The van der Waals surface area contributed by atoms with Gasteiger partial charge in [0.2, 0.25) is 0 Å². The number of amides is 1. The van der Waals surface area contributed by atoms with Crippen LogP contribution in [0.4, 0.5) is 13.2 Å². The Morgan fingerprint density at radius 3 is 2.64 bits per heavy atom. The highest BCUT2D eigenvalue weighted by atomic mass is 19.4. The second kappa shape index (κ2) is 7.60. The highest BCUT2D eigenvalue weighted by molar-refractivity contribution is 5.96. The van der Waals surface area contributed by atoms with E-state index in [-0.39, 0.29) is 18.8 Å². The number of ether oxygens (including phenoxy) is 1. The Hall–Kier alpha value is -2.35. The topological polar surface area (TPSA) is 75.6 Å². The van der Waals surface area contributed by atoms with Gasteiger partial charge in [-0.05, 0) is 18.2 Å². The van der Waals surface area contributed by atoms with Crippen LogP contribution in [-0.4, -0.2) is 36.2 Å². The third kappa shape index (κ3) is 5.21. The van der Waals surface area contributed by atoms with Crippen LogP contribution >= 0.6 is 0 Å². The molecule has 0 saturated carbocycles. The van der Waals surface area contributed by atoms with E-state index in [1.165, 1.54) is 6.08 Å². The van der Waals surface area contributed by atoms with Crippen molar-refractivity contribution < 1.29 is 32.6 Å². The lowest BCUT2D eigenvalue weighted by molar-refractivity contribution is -0.141. The monoisotopic (exact) mass is 317 g/mol. The SMILES string of the molecule is C=CCOCC(NC(=O)c1cccc(C(F)(F)F)c1)C(=O)O. The van der Waals surface area contributed by atoms with Gasteiger partial charge < -0.3 is 15.2 Å². The normalized spacial score (nSPS) is 12.5. The van der Waals surface area contributed by atoms with Crippen molar-refractivity contribution in [3.8, 4) is 0 Å². The summed E-state index contributed by atoms with van der Waals surface area (Å²) in [5.74, 6) is -2.29. The van der Waals surface area contributed by atoms with Crippen LogP contribution in [0.2, 0.25) is 0 Å². The molecule has 0 spiro atoms. The zero-order valence-electron chi connectivity index (χ0n) is 11.4. The van der Waals surface area contributed by atoms with Crippen LogP contribution in [0.25, 0.3) is 0 Å². The van der Waals surface area contributed by atoms with Crippen molar-refractivity contribution in [1.29, 1.82) is 0 Å². The smallest absolute Gasteiger partial charge is 0.416 e. The molecular formula is C14H14F3NO4. The molecule has 0 aliphatic rings. The van der Waals surface area contributed by atoms with Gasteiger partial charge in [0.25, 0.3) is 5.91 Å². The minimum Gasteiger partial charge on any atom is -0.480 e. The van der Waals surface area contributed by atoms with Gasteiger partial charge in [0.05, 0.1) is 18.8 Å². The molecule has 5 nitrogen and oxygen atoms in total. The lowest BCUT2D eigenvalue weighted by Crippen LogP contribution is -2.44. The Labute approximate surface area is 124 Å². The molecular weight excluding hydrogens is 303 g/mol. The van der Waals surface area contributed by atoms with Crippen molar-refractivity contribution in [3.05, 3.63) is 48.0 Å². The number of rotatable bonds is 7. The number of nitrogens with one attached hydrogen (secondary N) is 1. The van der Waals surface area contributed by atoms with Gasteiger partial charge in [0, 0.05) is 5.56 Å². The molecule has 0 bridgehead atoms.